The van der Waals surface area contributed by atoms with Crippen LogP contribution < -0.4 is 16.0 Å². The lowest BCUT2D eigenvalue weighted by molar-refractivity contribution is 0.429. The fourth-order valence-corrected chi connectivity index (χ4v) is 4.17. The minimum Gasteiger partial charge on any atom is -0.384 e. The minimum atomic E-state index is -0.521. The van der Waals surface area contributed by atoms with Crippen LogP contribution in [0.5, 0.6) is 0 Å². The molecule has 3 N–H and O–H groups in total. The van der Waals surface area contributed by atoms with Gasteiger partial charge in [-0.2, -0.15) is 5.26 Å². The van der Waals surface area contributed by atoms with Crippen molar-refractivity contribution in [3.63, 3.8) is 0 Å². The maximum Gasteiger partial charge on any atom is 0.186 e. The Morgan fingerprint density at radius 2 is 2.14 bits per heavy atom. The highest BCUT2D eigenvalue weighted by molar-refractivity contribution is 7.22. The molecule has 0 radical (unpaired) electrons. The van der Waals surface area contributed by atoms with E-state index in [4.69, 9.17) is 12.2 Å². The molecule has 1 saturated heterocycles. The van der Waals surface area contributed by atoms with Gasteiger partial charge in [0.2, 0.25) is 0 Å². The molecule has 1 aliphatic rings. The van der Waals surface area contributed by atoms with Crippen LogP contribution in [-0.4, -0.2) is 33.0 Å². The summed E-state index contributed by atoms with van der Waals surface area (Å²) in [4.78, 5) is 18.4. The van der Waals surface area contributed by atoms with Gasteiger partial charge in [0.1, 0.15) is 28.2 Å². The van der Waals surface area contributed by atoms with Crippen LogP contribution in [0.4, 0.5) is 27.0 Å². The highest BCUT2D eigenvalue weighted by Crippen LogP contribution is 2.37. The molecule has 28 heavy (non-hydrogen) atoms. The lowest BCUT2D eigenvalue weighted by Crippen LogP contribution is -2.39. The molecule has 0 amide bonds. The Labute approximate surface area is 164 Å². The van der Waals surface area contributed by atoms with E-state index < -0.39 is 5.82 Å². The Morgan fingerprint density at radius 1 is 1.32 bits per heavy atom. The number of nitrogens with two attached hydrogens (primary N) is 1. The van der Waals surface area contributed by atoms with Crippen LogP contribution in [0.2, 0.25) is 0 Å². The first kappa shape index (κ1) is 17.9. The zero-order chi connectivity index (χ0) is 19.7. The number of piperidine rings is 1. The molecule has 1 aliphatic heterocycles. The van der Waals surface area contributed by atoms with Crippen molar-refractivity contribution in [2.45, 2.75) is 6.42 Å². The number of thiazole rings is 1. The smallest absolute Gasteiger partial charge is 0.186 e. The van der Waals surface area contributed by atoms with Crippen LogP contribution in [0.1, 0.15) is 6.42 Å². The first-order valence-corrected chi connectivity index (χ1v) is 9.29. The zero-order valence-electron chi connectivity index (χ0n) is 14.6. The summed E-state index contributed by atoms with van der Waals surface area (Å²) in [5.41, 5.74) is 5.88. The fraction of sp³-hybridized carbons (Fsp3) is 0.278. The molecule has 0 saturated carbocycles. The van der Waals surface area contributed by atoms with Crippen molar-refractivity contribution >= 4 is 44.1 Å². The molecule has 4 rings (SSSR count). The van der Waals surface area contributed by atoms with Gasteiger partial charge in [0, 0.05) is 25.1 Å². The van der Waals surface area contributed by atoms with E-state index in [1.165, 1.54) is 17.7 Å². The zero-order valence-corrected chi connectivity index (χ0v) is 15.4. The second-order valence-corrected chi connectivity index (χ2v) is 7.39. The van der Waals surface area contributed by atoms with E-state index in [0.717, 1.165) is 6.20 Å². The number of hydrogen-bond acceptors (Lipinski definition) is 9. The number of terminal acetylenes is 1. The standard InChI is InChI=1S/C18H15FN8S/c1-2-10-3-11(5-20)8-27(7-10)18-26-15-12(19)6-22-17(16(15)28-18)25-14-4-13(21)23-9-24-14/h1,4,6,9-11H,3,7-8H2,(H3,21,22,23,24,25). The monoisotopic (exact) mass is 394 g/mol. The van der Waals surface area contributed by atoms with E-state index in [1.807, 2.05) is 4.90 Å². The largest absolute Gasteiger partial charge is 0.384 e. The summed E-state index contributed by atoms with van der Waals surface area (Å²) >= 11 is 1.29. The molecule has 0 aromatic carbocycles. The average molecular weight is 394 g/mol. The van der Waals surface area contributed by atoms with E-state index in [-0.39, 0.29) is 17.4 Å². The lowest BCUT2D eigenvalue weighted by Gasteiger charge is -2.32. The molecule has 0 bridgehead atoms. The number of rotatable bonds is 3. The summed E-state index contributed by atoms with van der Waals surface area (Å²) < 4.78 is 14.9. The highest BCUT2D eigenvalue weighted by atomic mass is 32.1. The Kier molecular flexibility index (Phi) is 4.63. The average Bonchev–Trinajstić information content (AvgIpc) is 3.16. The van der Waals surface area contributed by atoms with Crippen molar-refractivity contribution in [1.29, 1.82) is 5.26 Å². The predicted molar refractivity (Wildman–Crippen MR) is 105 cm³/mol. The quantitative estimate of drug-likeness (QED) is 0.651. The van der Waals surface area contributed by atoms with Gasteiger partial charge >= 0.3 is 0 Å². The molecule has 3 aromatic rings. The van der Waals surface area contributed by atoms with Gasteiger partial charge in [0.05, 0.1) is 18.2 Å². The van der Waals surface area contributed by atoms with Crippen LogP contribution in [0.3, 0.4) is 0 Å². The summed E-state index contributed by atoms with van der Waals surface area (Å²) in [5, 5.41) is 13.0. The van der Waals surface area contributed by atoms with Gasteiger partial charge in [-0.05, 0) is 6.42 Å². The number of nitrogens with one attached hydrogen (secondary N) is 1. The molecule has 140 valence electrons. The molecule has 3 aromatic heterocycles. The third-order valence-corrected chi connectivity index (χ3v) is 5.56. The molecule has 4 heterocycles. The number of nitrogens with zero attached hydrogens (tertiary/aromatic N) is 6. The van der Waals surface area contributed by atoms with Gasteiger partial charge in [-0.3, -0.25) is 0 Å². The molecule has 10 heteroatoms. The number of fused-ring (bicyclic) bond motifs is 1. The van der Waals surface area contributed by atoms with E-state index in [1.54, 1.807) is 6.07 Å². The SMILES string of the molecule is C#CC1CC(C#N)CN(c2nc3c(F)cnc(Nc4cc(N)ncn4)c3s2)C1. The van der Waals surface area contributed by atoms with Crippen molar-refractivity contribution in [3.8, 4) is 18.4 Å². The second-order valence-electron chi connectivity index (χ2n) is 6.41. The van der Waals surface area contributed by atoms with E-state index >= 15 is 0 Å². The number of halogens is 1. The molecule has 1 fully saturated rings. The maximum atomic E-state index is 14.3. The summed E-state index contributed by atoms with van der Waals surface area (Å²) in [6, 6.07) is 3.83. The van der Waals surface area contributed by atoms with Gasteiger partial charge in [-0.1, -0.05) is 11.3 Å². The van der Waals surface area contributed by atoms with Crippen LogP contribution in [0.25, 0.3) is 10.2 Å². The van der Waals surface area contributed by atoms with Crippen molar-refractivity contribution in [1.82, 2.24) is 19.9 Å². The van der Waals surface area contributed by atoms with Gasteiger partial charge in [0.25, 0.3) is 0 Å². The molecule has 0 spiro atoms. The third-order valence-electron chi connectivity index (χ3n) is 4.44. The molecular formula is C18H15FN8S. The minimum absolute atomic E-state index is 0.0463. The maximum absolute atomic E-state index is 14.3. The summed E-state index contributed by atoms with van der Waals surface area (Å²) in [7, 11) is 0. The third kappa shape index (κ3) is 3.38. The van der Waals surface area contributed by atoms with Crippen LogP contribution in [-0.2, 0) is 0 Å². The second kappa shape index (κ2) is 7.25. The van der Waals surface area contributed by atoms with Crippen molar-refractivity contribution < 1.29 is 4.39 Å². The highest BCUT2D eigenvalue weighted by Gasteiger charge is 2.28. The van der Waals surface area contributed by atoms with Crippen molar-refractivity contribution in [2.24, 2.45) is 11.8 Å². The van der Waals surface area contributed by atoms with Gasteiger partial charge in [-0.15, -0.1) is 12.3 Å². The molecule has 2 atom stereocenters. The Balaban J connectivity index is 1.71. The lowest BCUT2D eigenvalue weighted by atomic mass is 9.91. The fourth-order valence-electron chi connectivity index (χ4n) is 3.13. The first-order chi connectivity index (χ1) is 13.6. The van der Waals surface area contributed by atoms with E-state index in [0.29, 0.717) is 46.8 Å². The summed E-state index contributed by atoms with van der Waals surface area (Å²) in [6.45, 7) is 1.09. The summed E-state index contributed by atoms with van der Waals surface area (Å²) in [6.07, 6.45) is 8.67. The normalized spacial score (nSPS) is 19.2. The van der Waals surface area contributed by atoms with Crippen molar-refractivity contribution in [2.75, 3.05) is 29.0 Å². The van der Waals surface area contributed by atoms with E-state index in [9.17, 15) is 9.65 Å². The molecule has 8 nitrogen and oxygen atoms in total. The van der Waals surface area contributed by atoms with Crippen molar-refractivity contribution in [3.05, 3.63) is 24.4 Å². The van der Waals surface area contributed by atoms with E-state index in [2.05, 4.69) is 37.2 Å². The topological polar surface area (TPSA) is 117 Å². The predicted octanol–water partition coefficient (Wildman–Crippen LogP) is 2.55. The Morgan fingerprint density at radius 3 is 2.89 bits per heavy atom. The van der Waals surface area contributed by atoms with Gasteiger partial charge in [-0.25, -0.2) is 24.3 Å². The van der Waals surface area contributed by atoms with Gasteiger partial charge < -0.3 is 16.0 Å². The van der Waals surface area contributed by atoms with Crippen LogP contribution >= 0.6 is 11.3 Å². The molecule has 0 aliphatic carbocycles. The Bertz CT molecular complexity index is 1090. The molecule has 2 unspecified atom stereocenters. The number of anilines is 4. The van der Waals surface area contributed by atoms with Gasteiger partial charge in [0.15, 0.2) is 16.8 Å². The number of aromatic nitrogens is 4. The molecular weight excluding hydrogens is 379 g/mol. The first-order valence-electron chi connectivity index (χ1n) is 8.47. The number of hydrogen-bond donors (Lipinski definition) is 2. The Hall–Kier alpha value is -3.50. The number of nitrogen functional groups attached to an aromatic ring is 1. The number of nitriles is 1. The summed E-state index contributed by atoms with van der Waals surface area (Å²) in [5.74, 6) is 3.13. The van der Waals surface area contributed by atoms with Crippen LogP contribution in [0.15, 0.2) is 18.6 Å². The van der Waals surface area contributed by atoms with Crippen LogP contribution in [0, 0.1) is 41.3 Å². The number of pyridine rings is 1.